The lowest BCUT2D eigenvalue weighted by molar-refractivity contribution is -0.136. The van der Waals surface area contributed by atoms with Gasteiger partial charge in [0.25, 0.3) is 0 Å². The summed E-state index contributed by atoms with van der Waals surface area (Å²) in [4.78, 5) is 10.5. The van der Waals surface area contributed by atoms with E-state index in [1.165, 1.54) is 51.4 Å². The molecular formula is C23H38O4. The molecule has 2 bridgehead atoms. The number of hydrogen-bond acceptors (Lipinski definition) is 3. The van der Waals surface area contributed by atoms with E-state index in [9.17, 15) is 4.79 Å². The summed E-state index contributed by atoms with van der Waals surface area (Å²) < 4.78 is 11.9. The number of carboxylic acids is 1. The molecule has 0 aromatic rings. The van der Waals surface area contributed by atoms with Crippen LogP contribution in [0.15, 0.2) is 24.3 Å². The molecule has 0 aromatic carbocycles. The van der Waals surface area contributed by atoms with Gasteiger partial charge >= 0.3 is 5.97 Å². The fourth-order valence-electron chi connectivity index (χ4n) is 4.48. The Morgan fingerprint density at radius 1 is 1.00 bits per heavy atom. The van der Waals surface area contributed by atoms with Gasteiger partial charge in [-0.15, -0.1) is 0 Å². The molecule has 0 aliphatic carbocycles. The molecule has 4 heteroatoms. The number of allylic oxidation sites excluding steroid dienone is 3. The SMILES string of the molecule is CCCCCCOCCCC[C@@H]1[C@H](C/C=C\C=CCC(=O)O)[C@@H]2CC[C@H]1O2. The summed E-state index contributed by atoms with van der Waals surface area (Å²) >= 11 is 0. The Labute approximate surface area is 165 Å². The number of rotatable bonds is 15. The zero-order valence-corrected chi connectivity index (χ0v) is 17.0. The summed E-state index contributed by atoms with van der Waals surface area (Å²) in [5, 5.41) is 8.63. The van der Waals surface area contributed by atoms with E-state index in [1.807, 2.05) is 12.2 Å². The Morgan fingerprint density at radius 3 is 2.44 bits per heavy atom. The van der Waals surface area contributed by atoms with Crippen LogP contribution in [0.25, 0.3) is 0 Å². The van der Waals surface area contributed by atoms with Crippen LogP contribution in [0.4, 0.5) is 0 Å². The van der Waals surface area contributed by atoms with Crippen molar-refractivity contribution in [1.82, 2.24) is 0 Å². The average Bonchev–Trinajstić information content (AvgIpc) is 3.25. The van der Waals surface area contributed by atoms with Gasteiger partial charge < -0.3 is 14.6 Å². The predicted molar refractivity (Wildman–Crippen MR) is 109 cm³/mol. The van der Waals surface area contributed by atoms with E-state index in [2.05, 4.69) is 13.0 Å². The van der Waals surface area contributed by atoms with E-state index in [0.29, 0.717) is 24.0 Å². The summed E-state index contributed by atoms with van der Waals surface area (Å²) in [7, 11) is 0. The molecule has 2 heterocycles. The molecular weight excluding hydrogens is 340 g/mol. The van der Waals surface area contributed by atoms with Gasteiger partial charge in [-0.3, -0.25) is 4.79 Å². The lowest BCUT2D eigenvalue weighted by atomic mass is 9.75. The maximum absolute atomic E-state index is 10.5. The Kier molecular flexibility index (Phi) is 10.8. The Hall–Kier alpha value is -1.13. The van der Waals surface area contributed by atoms with Gasteiger partial charge in [0.15, 0.2) is 0 Å². The second kappa shape index (κ2) is 13.1. The number of aliphatic carboxylic acids is 1. The van der Waals surface area contributed by atoms with Gasteiger partial charge in [0.05, 0.1) is 18.6 Å². The van der Waals surface area contributed by atoms with Crippen molar-refractivity contribution < 1.29 is 19.4 Å². The van der Waals surface area contributed by atoms with Crippen LogP contribution in [0.3, 0.4) is 0 Å². The van der Waals surface area contributed by atoms with Crippen LogP contribution in [0, 0.1) is 11.8 Å². The highest BCUT2D eigenvalue weighted by Gasteiger charge is 2.47. The Balaban J connectivity index is 1.60. The molecule has 2 fully saturated rings. The standard InChI is InChI=1S/C23H38O4/c1-2-3-4-10-17-26-18-11-9-13-20-19(21-15-16-22(20)27-21)12-7-5-6-8-14-23(24)25/h5-8,19-22H,2-4,9-18H2,1H3,(H,24,25)/b7-5-,8-6?/t19-,20+,21-,22+/m0/s1. The van der Waals surface area contributed by atoms with Gasteiger partial charge in [-0.25, -0.2) is 0 Å². The molecule has 2 aliphatic heterocycles. The van der Waals surface area contributed by atoms with Crippen molar-refractivity contribution in [3.05, 3.63) is 24.3 Å². The van der Waals surface area contributed by atoms with E-state index in [1.54, 1.807) is 6.08 Å². The second-order valence-corrected chi connectivity index (χ2v) is 7.98. The summed E-state index contributed by atoms with van der Waals surface area (Å²) in [6.07, 6.45) is 20.9. The first-order valence-electron chi connectivity index (χ1n) is 11.0. The number of ether oxygens (including phenoxy) is 2. The van der Waals surface area contributed by atoms with E-state index in [-0.39, 0.29) is 6.42 Å². The van der Waals surface area contributed by atoms with Crippen LogP contribution < -0.4 is 0 Å². The Bertz CT molecular complexity index is 471. The van der Waals surface area contributed by atoms with Crippen molar-refractivity contribution >= 4 is 5.97 Å². The summed E-state index contributed by atoms with van der Waals surface area (Å²) in [5.74, 6) is 0.523. The maximum atomic E-state index is 10.5. The molecule has 2 aliphatic rings. The molecule has 27 heavy (non-hydrogen) atoms. The molecule has 154 valence electrons. The minimum absolute atomic E-state index is 0.0882. The summed E-state index contributed by atoms with van der Waals surface area (Å²) in [6.45, 7) is 4.05. The predicted octanol–water partition coefficient (Wildman–Crippen LogP) is 5.52. The molecule has 0 saturated carbocycles. The van der Waals surface area contributed by atoms with Crippen molar-refractivity contribution in [1.29, 1.82) is 0 Å². The lowest BCUT2D eigenvalue weighted by Gasteiger charge is -2.27. The van der Waals surface area contributed by atoms with Crippen LogP contribution in [-0.4, -0.2) is 36.5 Å². The molecule has 0 unspecified atom stereocenters. The molecule has 4 atom stereocenters. The fraction of sp³-hybridized carbons (Fsp3) is 0.783. The fourth-order valence-corrected chi connectivity index (χ4v) is 4.48. The van der Waals surface area contributed by atoms with E-state index < -0.39 is 5.97 Å². The maximum Gasteiger partial charge on any atom is 0.307 e. The summed E-state index contributed by atoms with van der Waals surface area (Å²) in [6, 6.07) is 0. The number of hydrogen-bond donors (Lipinski definition) is 1. The highest BCUT2D eigenvalue weighted by atomic mass is 16.5. The quantitative estimate of drug-likeness (QED) is 0.301. The first-order valence-corrected chi connectivity index (χ1v) is 11.0. The van der Waals surface area contributed by atoms with Gasteiger partial charge in [0.2, 0.25) is 0 Å². The summed E-state index contributed by atoms with van der Waals surface area (Å²) in [5.41, 5.74) is 0. The van der Waals surface area contributed by atoms with Crippen molar-refractivity contribution in [2.75, 3.05) is 13.2 Å². The molecule has 4 nitrogen and oxygen atoms in total. The van der Waals surface area contributed by atoms with Crippen molar-refractivity contribution in [2.24, 2.45) is 11.8 Å². The Morgan fingerprint density at radius 2 is 1.70 bits per heavy atom. The largest absolute Gasteiger partial charge is 0.481 e. The highest BCUT2D eigenvalue weighted by Crippen LogP contribution is 2.47. The zero-order chi connectivity index (χ0) is 19.3. The van der Waals surface area contributed by atoms with Crippen LogP contribution in [0.1, 0.15) is 77.6 Å². The van der Waals surface area contributed by atoms with Crippen LogP contribution in [0.2, 0.25) is 0 Å². The first-order chi connectivity index (χ1) is 13.2. The highest BCUT2D eigenvalue weighted by molar-refractivity contribution is 5.68. The number of carbonyl (C=O) groups is 1. The topological polar surface area (TPSA) is 55.8 Å². The normalized spacial score (nSPS) is 27.3. The van der Waals surface area contributed by atoms with Gasteiger partial charge in [-0.05, 0) is 50.4 Å². The van der Waals surface area contributed by atoms with Crippen molar-refractivity contribution in [3.8, 4) is 0 Å². The zero-order valence-electron chi connectivity index (χ0n) is 17.0. The molecule has 0 amide bonds. The number of carboxylic acid groups (broad SMARTS) is 1. The third-order valence-corrected chi connectivity index (χ3v) is 5.89. The molecule has 0 aromatic heterocycles. The van der Waals surface area contributed by atoms with E-state index in [0.717, 1.165) is 26.1 Å². The minimum atomic E-state index is -0.786. The molecule has 2 saturated heterocycles. The second-order valence-electron chi connectivity index (χ2n) is 7.98. The van der Waals surface area contributed by atoms with Gasteiger partial charge in [-0.1, -0.05) is 56.9 Å². The molecule has 2 rings (SSSR count). The van der Waals surface area contributed by atoms with Crippen LogP contribution in [0.5, 0.6) is 0 Å². The number of fused-ring (bicyclic) bond motifs is 2. The smallest absolute Gasteiger partial charge is 0.307 e. The van der Waals surface area contributed by atoms with Crippen molar-refractivity contribution in [2.45, 2.75) is 89.8 Å². The van der Waals surface area contributed by atoms with E-state index in [4.69, 9.17) is 14.6 Å². The van der Waals surface area contributed by atoms with Gasteiger partial charge in [-0.2, -0.15) is 0 Å². The van der Waals surface area contributed by atoms with Crippen LogP contribution in [-0.2, 0) is 14.3 Å². The average molecular weight is 379 g/mol. The van der Waals surface area contributed by atoms with E-state index >= 15 is 0 Å². The molecule has 0 spiro atoms. The third kappa shape index (κ3) is 8.18. The third-order valence-electron chi connectivity index (χ3n) is 5.89. The first kappa shape index (κ1) is 22.2. The lowest BCUT2D eigenvalue weighted by Crippen LogP contribution is -2.26. The monoisotopic (exact) mass is 378 g/mol. The number of unbranched alkanes of at least 4 members (excludes halogenated alkanes) is 4. The van der Waals surface area contributed by atoms with Gasteiger partial charge in [0.1, 0.15) is 0 Å². The minimum Gasteiger partial charge on any atom is -0.481 e. The van der Waals surface area contributed by atoms with Gasteiger partial charge in [0, 0.05) is 13.2 Å². The van der Waals surface area contributed by atoms with Crippen LogP contribution >= 0.6 is 0 Å². The molecule has 0 radical (unpaired) electrons. The molecule has 1 N–H and O–H groups in total. The van der Waals surface area contributed by atoms with Crippen molar-refractivity contribution in [3.63, 3.8) is 0 Å².